The third-order valence-corrected chi connectivity index (χ3v) is 6.24. The van der Waals surface area contributed by atoms with Crippen molar-refractivity contribution in [2.75, 3.05) is 0 Å². The van der Waals surface area contributed by atoms with Crippen LogP contribution in [0.15, 0.2) is 60.7 Å². The molecule has 0 saturated heterocycles. The summed E-state index contributed by atoms with van der Waals surface area (Å²) < 4.78 is 0. The molecule has 182 valence electrons. The molecule has 4 heteroatoms. The Morgan fingerprint density at radius 3 is 0.735 bits per heavy atom. The van der Waals surface area contributed by atoms with Gasteiger partial charge in [-0.15, -0.1) is 0 Å². The molecular formula is C30H38O4. The summed E-state index contributed by atoms with van der Waals surface area (Å²) in [5, 5.41) is 42.4. The molecule has 0 saturated carbocycles. The van der Waals surface area contributed by atoms with Gasteiger partial charge in [0, 0.05) is 0 Å². The Balaban J connectivity index is 2.10. The second-order valence-electron chi connectivity index (χ2n) is 11.4. The van der Waals surface area contributed by atoms with Crippen molar-refractivity contribution in [3.05, 3.63) is 82.9 Å². The predicted molar refractivity (Wildman–Crippen MR) is 138 cm³/mol. The van der Waals surface area contributed by atoms with E-state index in [0.29, 0.717) is 0 Å². The van der Waals surface area contributed by atoms with Crippen molar-refractivity contribution < 1.29 is 20.4 Å². The molecular weight excluding hydrogens is 424 g/mol. The van der Waals surface area contributed by atoms with E-state index in [-0.39, 0.29) is 0 Å². The van der Waals surface area contributed by atoms with Crippen molar-refractivity contribution in [3.63, 3.8) is 0 Å². The largest absolute Gasteiger partial charge is 0.386 e. The summed E-state index contributed by atoms with van der Waals surface area (Å²) in [5.41, 5.74) is 2.51. The summed E-state index contributed by atoms with van der Waals surface area (Å²) in [4.78, 5) is 0. The molecule has 0 radical (unpaired) electrons. The first kappa shape index (κ1) is 26.1. The minimum absolute atomic E-state index is 0.735. The van der Waals surface area contributed by atoms with E-state index in [1.165, 1.54) is 0 Å². The van der Waals surface area contributed by atoms with E-state index in [1.54, 1.807) is 55.4 Å². The fourth-order valence-electron chi connectivity index (χ4n) is 3.86. The second kappa shape index (κ2) is 8.62. The van der Waals surface area contributed by atoms with Gasteiger partial charge in [0.05, 0.1) is 22.4 Å². The van der Waals surface area contributed by atoms with Crippen LogP contribution in [0.4, 0.5) is 0 Å². The fourth-order valence-corrected chi connectivity index (χ4v) is 3.86. The Morgan fingerprint density at radius 2 is 0.559 bits per heavy atom. The number of hydrogen-bond donors (Lipinski definition) is 4. The van der Waals surface area contributed by atoms with Crippen LogP contribution in [0, 0.1) is 0 Å². The van der Waals surface area contributed by atoms with Gasteiger partial charge in [-0.2, -0.15) is 0 Å². The summed E-state index contributed by atoms with van der Waals surface area (Å²) in [6, 6.07) is 19.5. The number of aliphatic hydroxyl groups is 4. The van der Waals surface area contributed by atoms with Gasteiger partial charge in [-0.1, -0.05) is 36.4 Å². The fraction of sp³-hybridized carbons (Fsp3) is 0.400. The molecule has 0 amide bonds. The van der Waals surface area contributed by atoms with Gasteiger partial charge in [0.1, 0.15) is 0 Å². The van der Waals surface area contributed by atoms with Crippen LogP contribution in [-0.2, 0) is 22.4 Å². The van der Waals surface area contributed by atoms with E-state index in [0.717, 1.165) is 44.5 Å². The van der Waals surface area contributed by atoms with Gasteiger partial charge >= 0.3 is 0 Å². The molecule has 0 aliphatic heterocycles. The third kappa shape index (κ3) is 5.94. The Hall–Kier alpha value is -2.50. The molecule has 0 fully saturated rings. The maximum Gasteiger partial charge on any atom is 0.0840 e. The lowest BCUT2D eigenvalue weighted by Gasteiger charge is -2.25. The van der Waals surface area contributed by atoms with Gasteiger partial charge in [-0.3, -0.25) is 0 Å². The van der Waals surface area contributed by atoms with Crippen LogP contribution >= 0.6 is 0 Å². The lowest BCUT2D eigenvalue weighted by atomic mass is 9.86. The topological polar surface area (TPSA) is 80.9 Å². The molecule has 0 bridgehead atoms. The average Bonchev–Trinajstić information content (AvgIpc) is 2.70. The van der Waals surface area contributed by atoms with Gasteiger partial charge in [0.2, 0.25) is 0 Å². The van der Waals surface area contributed by atoms with E-state index in [9.17, 15) is 20.4 Å². The number of rotatable bonds is 6. The van der Waals surface area contributed by atoms with E-state index in [4.69, 9.17) is 0 Å². The standard InChI is InChI=1S/C30H38O4/c1-27(2,31)23-13-21(14-24(17-23)28(3,4)32)19-9-11-20(12-10-19)22-15-25(29(5,6)33)18-26(16-22)30(7,8)34/h9-18,31-34H,1-8H3. The van der Waals surface area contributed by atoms with E-state index >= 15 is 0 Å². The Bertz CT molecular complexity index is 1000. The monoisotopic (exact) mass is 462 g/mol. The molecule has 0 heterocycles. The highest BCUT2D eigenvalue weighted by molar-refractivity contribution is 5.72. The van der Waals surface area contributed by atoms with E-state index in [2.05, 4.69) is 0 Å². The number of benzene rings is 3. The Morgan fingerprint density at radius 1 is 0.353 bits per heavy atom. The number of hydrogen-bond acceptors (Lipinski definition) is 4. The molecule has 0 aromatic heterocycles. The van der Waals surface area contributed by atoms with Crippen LogP contribution in [0.25, 0.3) is 22.3 Å². The SMILES string of the molecule is CC(C)(O)c1cc(-c2ccc(-c3cc(C(C)(C)O)cc(C(C)(C)O)c3)cc2)cc(C(C)(C)O)c1. The molecule has 0 atom stereocenters. The van der Waals surface area contributed by atoms with Gasteiger partial charge in [0.25, 0.3) is 0 Å². The van der Waals surface area contributed by atoms with Crippen molar-refractivity contribution in [3.8, 4) is 22.3 Å². The van der Waals surface area contributed by atoms with Crippen molar-refractivity contribution in [1.82, 2.24) is 0 Å². The maximum absolute atomic E-state index is 10.6. The first-order valence-electron chi connectivity index (χ1n) is 11.7. The summed E-state index contributed by atoms with van der Waals surface area (Å²) >= 11 is 0. The molecule has 0 aliphatic rings. The zero-order valence-electron chi connectivity index (χ0n) is 21.6. The van der Waals surface area contributed by atoms with Crippen LogP contribution in [0.1, 0.15) is 77.6 Å². The van der Waals surface area contributed by atoms with Crippen molar-refractivity contribution in [2.24, 2.45) is 0 Å². The lowest BCUT2D eigenvalue weighted by molar-refractivity contribution is 0.0708. The molecule has 3 aromatic rings. The molecule has 4 nitrogen and oxygen atoms in total. The van der Waals surface area contributed by atoms with Crippen LogP contribution in [-0.4, -0.2) is 20.4 Å². The summed E-state index contributed by atoms with van der Waals surface area (Å²) in [5.74, 6) is 0. The maximum atomic E-state index is 10.6. The molecule has 0 unspecified atom stereocenters. The van der Waals surface area contributed by atoms with Gasteiger partial charge in [-0.05, 0) is 124 Å². The zero-order valence-corrected chi connectivity index (χ0v) is 21.6. The smallest absolute Gasteiger partial charge is 0.0840 e. The minimum Gasteiger partial charge on any atom is -0.386 e. The first-order valence-corrected chi connectivity index (χ1v) is 11.7. The molecule has 4 N–H and O–H groups in total. The summed E-state index contributed by atoms with van der Waals surface area (Å²) in [6.07, 6.45) is 0. The second-order valence-corrected chi connectivity index (χ2v) is 11.4. The molecule has 34 heavy (non-hydrogen) atoms. The molecule has 0 spiro atoms. The molecule has 3 rings (SSSR count). The van der Waals surface area contributed by atoms with Crippen LogP contribution in [0.3, 0.4) is 0 Å². The van der Waals surface area contributed by atoms with Crippen LogP contribution < -0.4 is 0 Å². The van der Waals surface area contributed by atoms with Crippen molar-refractivity contribution >= 4 is 0 Å². The normalized spacial score (nSPS) is 13.3. The summed E-state index contributed by atoms with van der Waals surface area (Å²) in [6.45, 7) is 13.9. The highest BCUT2D eigenvalue weighted by Crippen LogP contribution is 2.35. The predicted octanol–water partition coefficient (Wildman–Crippen LogP) is 5.93. The van der Waals surface area contributed by atoms with E-state index in [1.807, 2.05) is 60.7 Å². The van der Waals surface area contributed by atoms with Gasteiger partial charge < -0.3 is 20.4 Å². The summed E-state index contributed by atoms with van der Waals surface area (Å²) in [7, 11) is 0. The Kier molecular flexibility index (Phi) is 6.62. The molecule has 0 aliphatic carbocycles. The average molecular weight is 463 g/mol. The lowest BCUT2D eigenvalue weighted by Crippen LogP contribution is -2.20. The highest BCUT2D eigenvalue weighted by Gasteiger charge is 2.24. The van der Waals surface area contributed by atoms with Crippen molar-refractivity contribution in [2.45, 2.75) is 77.8 Å². The highest BCUT2D eigenvalue weighted by atomic mass is 16.3. The van der Waals surface area contributed by atoms with Crippen LogP contribution in [0.5, 0.6) is 0 Å². The van der Waals surface area contributed by atoms with Gasteiger partial charge in [0.15, 0.2) is 0 Å². The van der Waals surface area contributed by atoms with Crippen LogP contribution in [0.2, 0.25) is 0 Å². The third-order valence-electron chi connectivity index (χ3n) is 6.24. The van der Waals surface area contributed by atoms with Gasteiger partial charge in [-0.25, -0.2) is 0 Å². The first-order chi connectivity index (χ1) is 15.4. The Labute approximate surface area is 203 Å². The quantitative estimate of drug-likeness (QED) is 0.366. The molecule has 3 aromatic carbocycles. The minimum atomic E-state index is -1.04. The van der Waals surface area contributed by atoms with E-state index < -0.39 is 22.4 Å². The van der Waals surface area contributed by atoms with Crippen molar-refractivity contribution in [1.29, 1.82) is 0 Å². The zero-order chi connectivity index (χ0) is 25.7.